The molecule has 9 heteroatoms. The second-order valence-corrected chi connectivity index (χ2v) is 12.5. The van der Waals surface area contributed by atoms with Crippen molar-refractivity contribution in [1.82, 2.24) is 14.3 Å². The molecule has 2 atom stereocenters. The van der Waals surface area contributed by atoms with Crippen molar-refractivity contribution in [3.05, 3.63) is 53.7 Å². The Balaban J connectivity index is 2.23. The first kappa shape index (κ1) is 26.1. The topological polar surface area (TPSA) is 76.7 Å². The van der Waals surface area contributed by atoms with E-state index >= 15 is 0 Å². The van der Waals surface area contributed by atoms with E-state index in [1.165, 1.54) is 6.20 Å². The lowest BCUT2D eigenvalue weighted by molar-refractivity contribution is -0.152. The monoisotopic (exact) mass is 490 g/mol. The molecule has 1 unspecified atom stereocenters. The van der Waals surface area contributed by atoms with Crippen LogP contribution in [-0.4, -0.2) is 25.0 Å². The molecule has 0 aliphatic carbocycles. The molecule has 0 amide bonds. The van der Waals surface area contributed by atoms with Gasteiger partial charge in [0.1, 0.15) is 10.4 Å². The van der Waals surface area contributed by atoms with E-state index in [0.717, 1.165) is 0 Å². The van der Waals surface area contributed by atoms with Crippen molar-refractivity contribution >= 4 is 22.4 Å². The van der Waals surface area contributed by atoms with Gasteiger partial charge in [0.05, 0.1) is 17.3 Å². The summed E-state index contributed by atoms with van der Waals surface area (Å²) in [5.74, 6) is 0. The summed E-state index contributed by atoms with van der Waals surface area (Å²) < 4.78 is 58.4. The molecule has 0 spiro atoms. The summed E-state index contributed by atoms with van der Waals surface area (Å²) >= 11 is -1.94. The maximum atomic E-state index is 14.2. The van der Waals surface area contributed by atoms with Crippen LogP contribution in [0.4, 0.5) is 13.2 Å². The van der Waals surface area contributed by atoms with Gasteiger partial charge in [0.25, 0.3) is 0 Å². The number of nitrogens with zero attached hydrogens (tertiary/aromatic N) is 3. The number of benzene rings is 1. The van der Waals surface area contributed by atoms with Crippen molar-refractivity contribution in [2.24, 2.45) is 5.41 Å². The Bertz CT molecular complexity index is 1220. The molecular formula is C25H29F3N4OS. The lowest BCUT2D eigenvalue weighted by Gasteiger charge is -2.29. The summed E-state index contributed by atoms with van der Waals surface area (Å²) in [6.45, 7) is 11.2. The summed E-state index contributed by atoms with van der Waals surface area (Å²) in [4.78, 5) is 4.69. The van der Waals surface area contributed by atoms with Gasteiger partial charge in [0.15, 0.2) is 6.04 Å². The van der Waals surface area contributed by atoms with Gasteiger partial charge in [0.2, 0.25) is 0 Å². The fourth-order valence-electron chi connectivity index (χ4n) is 3.60. The van der Waals surface area contributed by atoms with Gasteiger partial charge >= 0.3 is 6.18 Å². The van der Waals surface area contributed by atoms with E-state index < -0.39 is 28.3 Å². The molecular weight excluding hydrogens is 461 g/mol. The van der Waals surface area contributed by atoms with Gasteiger partial charge < -0.3 is 9.12 Å². The molecule has 5 nitrogen and oxygen atoms in total. The van der Waals surface area contributed by atoms with E-state index in [-0.39, 0.29) is 11.0 Å². The van der Waals surface area contributed by atoms with Crippen LogP contribution in [0, 0.1) is 16.7 Å². The van der Waals surface area contributed by atoms with Crippen LogP contribution in [0.25, 0.3) is 22.3 Å². The Morgan fingerprint density at radius 1 is 1.09 bits per heavy atom. The van der Waals surface area contributed by atoms with Crippen LogP contribution in [0.1, 0.15) is 58.7 Å². The minimum absolute atomic E-state index is 0.0306. The lowest BCUT2D eigenvalue weighted by Crippen LogP contribution is -2.45. The van der Waals surface area contributed by atoms with Gasteiger partial charge in [-0.1, -0.05) is 39.0 Å². The SMILES string of the molecule is CC(C)(C)Cn1cc(C(N[S@@+]([O-])C(C)(C)C)C(F)(F)F)c2ccc(-c3ccccc3C#N)nc21. The highest BCUT2D eigenvalue weighted by Crippen LogP contribution is 2.39. The average Bonchev–Trinajstić information content (AvgIpc) is 3.05. The largest absolute Gasteiger partial charge is 0.598 e. The van der Waals surface area contributed by atoms with Gasteiger partial charge in [-0.15, -0.1) is 4.72 Å². The number of alkyl halides is 3. The van der Waals surface area contributed by atoms with E-state index in [1.54, 1.807) is 61.7 Å². The van der Waals surface area contributed by atoms with Gasteiger partial charge in [-0.25, -0.2) is 4.98 Å². The Morgan fingerprint density at radius 3 is 2.29 bits per heavy atom. The molecule has 0 saturated heterocycles. The number of fused-ring (bicyclic) bond motifs is 1. The van der Waals surface area contributed by atoms with Gasteiger partial charge in [-0.2, -0.15) is 18.4 Å². The minimum atomic E-state index is -4.67. The number of rotatable bonds is 5. The first-order valence-electron chi connectivity index (χ1n) is 10.9. The summed E-state index contributed by atoms with van der Waals surface area (Å²) in [5.41, 5.74) is 1.65. The van der Waals surface area contributed by atoms with Crippen LogP contribution in [0.5, 0.6) is 0 Å². The molecule has 1 N–H and O–H groups in total. The number of pyridine rings is 1. The second-order valence-electron chi connectivity index (χ2n) is 10.5. The predicted molar refractivity (Wildman–Crippen MR) is 129 cm³/mol. The Morgan fingerprint density at radius 2 is 1.74 bits per heavy atom. The van der Waals surface area contributed by atoms with Crippen LogP contribution in [0.15, 0.2) is 42.6 Å². The van der Waals surface area contributed by atoms with Crippen molar-refractivity contribution in [2.75, 3.05) is 0 Å². The van der Waals surface area contributed by atoms with Crippen molar-refractivity contribution in [3.8, 4) is 17.3 Å². The van der Waals surface area contributed by atoms with Gasteiger partial charge in [-0.3, -0.25) is 0 Å². The van der Waals surface area contributed by atoms with Gasteiger partial charge in [-0.05, 0) is 44.4 Å². The number of hydrogen-bond donors (Lipinski definition) is 1. The molecule has 0 saturated carbocycles. The zero-order valence-electron chi connectivity index (χ0n) is 20.1. The van der Waals surface area contributed by atoms with Crippen LogP contribution < -0.4 is 4.72 Å². The molecule has 0 radical (unpaired) electrons. The second kappa shape index (κ2) is 9.25. The molecule has 0 fully saturated rings. The predicted octanol–water partition coefficient (Wildman–Crippen LogP) is 6.28. The van der Waals surface area contributed by atoms with Crippen LogP contribution in [0.2, 0.25) is 0 Å². The Kier molecular flexibility index (Phi) is 7.09. The Hall–Kier alpha value is -2.54. The number of nitriles is 1. The van der Waals surface area contributed by atoms with E-state index in [0.29, 0.717) is 34.4 Å². The average molecular weight is 491 g/mol. The van der Waals surface area contributed by atoms with E-state index in [4.69, 9.17) is 4.98 Å². The lowest BCUT2D eigenvalue weighted by atomic mass is 9.97. The minimum Gasteiger partial charge on any atom is -0.598 e. The number of nitrogens with one attached hydrogen (secondary N) is 1. The van der Waals surface area contributed by atoms with Crippen LogP contribution in [-0.2, 0) is 17.9 Å². The van der Waals surface area contributed by atoms with Gasteiger partial charge in [0, 0.05) is 40.6 Å². The van der Waals surface area contributed by atoms with E-state index in [1.807, 2.05) is 20.8 Å². The highest BCUT2D eigenvalue weighted by molar-refractivity contribution is 7.90. The molecule has 0 aliphatic rings. The molecule has 34 heavy (non-hydrogen) atoms. The first-order valence-corrected chi connectivity index (χ1v) is 12.0. The molecule has 2 aromatic heterocycles. The highest BCUT2D eigenvalue weighted by Gasteiger charge is 2.47. The maximum Gasteiger partial charge on any atom is 0.412 e. The first-order chi connectivity index (χ1) is 15.6. The molecule has 182 valence electrons. The van der Waals surface area contributed by atoms with Crippen molar-refractivity contribution in [1.29, 1.82) is 5.26 Å². The normalized spacial score (nSPS) is 14.7. The summed E-state index contributed by atoms with van der Waals surface area (Å²) in [6.07, 6.45) is -3.22. The fraction of sp³-hybridized carbons (Fsp3) is 0.440. The standard InChI is InChI=1S/C25H29F3N4OS/c1-23(2,3)15-32-14-19(21(25(26,27)28)31-34(33)24(4,5)6)18-11-12-20(30-22(18)32)17-10-8-7-9-16(17)13-29/h7-12,14,21,31H,15H2,1-6H3/t21?,34-/m0/s1. The smallest absolute Gasteiger partial charge is 0.412 e. The van der Waals surface area contributed by atoms with E-state index in [2.05, 4.69) is 10.8 Å². The molecule has 3 aromatic rings. The molecule has 3 rings (SSSR count). The zero-order chi connectivity index (χ0) is 25.5. The van der Waals surface area contributed by atoms with Crippen molar-refractivity contribution < 1.29 is 17.7 Å². The molecule has 0 bridgehead atoms. The van der Waals surface area contributed by atoms with Crippen molar-refractivity contribution in [3.63, 3.8) is 0 Å². The molecule has 0 aliphatic heterocycles. The third-order valence-corrected chi connectivity index (χ3v) is 6.70. The zero-order valence-corrected chi connectivity index (χ0v) is 20.9. The Labute approximate surface area is 201 Å². The summed E-state index contributed by atoms with van der Waals surface area (Å²) in [6, 6.07) is 10.2. The quantitative estimate of drug-likeness (QED) is 0.427. The molecule has 2 heterocycles. The summed E-state index contributed by atoms with van der Waals surface area (Å²) in [5, 5.41) is 9.79. The highest BCUT2D eigenvalue weighted by atomic mass is 32.2. The fourth-order valence-corrected chi connectivity index (χ4v) is 4.43. The third kappa shape index (κ3) is 5.74. The van der Waals surface area contributed by atoms with Crippen molar-refractivity contribution in [2.45, 2.75) is 65.1 Å². The molecule has 1 aromatic carbocycles. The summed E-state index contributed by atoms with van der Waals surface area (Å²) in [7, 11) is 0. The maximum absolute atomic E-state index is 14.2. The van der Waals surface area contributed by atoms with E-state index in [9.17, 15) is 23.0 Å². The number of aromatic nitrogens is 2. The third-order valence-electron chi connectivity index (χ3n) is 5.14. The number of halogens is 3. The van der Waals surface area contributed by atoms with Crippen LogP contribution in [0.3, 0.4) is 0 Å². The number of hydrogen-bond acceptors (Lipinski definition) is 4. The van der Waals surface area contributed by atoms with Crippen LogP contribution >= 0.6 is 0 Å².